The van der Waals surface area contributed by atoms with Crippen LogP contribution in [0.25, 0.3) is 0 Å². The molecule has 0 aliphatic carbocycles. The fourth-order valence-corrected chi connectivity index (χ4v) is 10.0. The van der Waals surface area contributed by atoms with Gasteiger partial charge in [0, 0.05) is 19.3 Å². The lowest BCUT2D eigenvalue weighted by molar-refractivity contribution is -0.167. The van der Waals surface area contributed by atoms with Crippen LogP contribution >= 0.6 is 0 Å². The third kappa shape index (κ3) is 67.1. The minimum atomic E-state index is -0.783. The average Bonchev–Trinajstić information content (AvgIpc) is 3.48. The Hall–Kier alpha value is -3.67. The lowest BCUT2D eigenvalue weighted by Crippen LogP contribution is -2.30. The van der Waals surface area contributed by atoms with Crippen LogP contribution in [0.1, 0.15) is 348 Å². The Morgan fingerprint density at radius 3 is 0.805 bits per heavy atom. The van der Waals surface area contributed by atoms with Crippen LogP contribution in [0.4, 0.5) is 0 Å². The van der Waals surface area contributed by atoms with Crippen molar-refractivity contribution in [2.24, 2.45) is 0 Å². The second kappa shape index (κ2) is 69.8. The van der Waals surface area contributed by atoms with Crippen LogP contribution < -0.4 is 0 Å². The molecule has 0 heterocycles. The summed E-state index contributed by atoms with van der Waals surface area (Å²) in [5.74, 6) is -0.879. The highest BCUT2D eigenvalue weighted by Crippen LogP contribution is 2.17. The van der Waals surface area contributed by atoms with Crippen molar-refractivity contribution in [2.45, 2.75) is 354 Å². The van der Waals surface area contributed by atoms with Gasteiger partial charge in [0.15, 0.2) is 6.10 Å². The number of hydrogen-bond acceptors (Lipinski definition) is 6. The molecule has 472 valence electrons. The summed E-state index contributed by atoms with van der Waals surface area (Å²) in [5, 5.41) is 0. The summed E-state index contributed by atoms with van der Waals surface area (Å²) in [7, 11) is 0. The molecule has 0 saturated heterocycles. The average molecular weight is 1140 g/mol. The first kappa shape index (κ1) is 78.3. The maximum atomic E-state index is 12.9. The Morgan fingerprint density at radius 2 is 0.500 bits per heavy atom. The molecular formula is C76H132O6. The molecule has 1 unspecified atom stereocenters. The van der Waals surface area contributed by atoms with Crippen LogP contribution in [0.5, 0.6) is 0 Å². The zero-order valence-corrected chi connectivity index (χ0v) is 54.2. The first-order valence-corrected chi connectivity index (χ1v) is 35.2. The third-order valence-corrected chi connectivity index (χ3v) is 15.3. The van der Waals surface area contributed by atoms with E-state index >= 15 is 0 Å². The smallest absolute Gasteiger partial charge is 0.306 e. The molecule has 0 fully saturated rings. The van der Waals surface area contributed by atoms with E-state index in [0.29, 0.717) is 19.3 Å². The Morgan fingerprint density at radius 1 is 0.256 bits per heavy atom. The van der Waals surface area contributed by atoms with Gasteiger partial charge in [-0.25, -0.2) is 0 Å². The molecule has 0 amide bonds. The molecule has 0 spiro atoms. The fraction of sp³-hybridized carbons (Fsp3) is 0.750. The second-order valence-corrected chi connectivity index (χ2v) is 23.4. The molecule has 0 saturated carbocycles. The molecule has 6 nitrogen and oxygen atoms in total. The van der Waals surface area contributed by atoms with Gasteiger partial charge in [-0.05, 0) is 116 Å². The van der Waals surface area contributed by atoms with Crippen molar-refractivity contribution in [2.75, 3.05) is 13.2 Å². The molecule has 0 aliphatic heterocycles. The minimum absolute atomic E-state index is 0.0794. The number of carbonyl (C=O) groups is 3. The SMILES string of the molecule is CC/C=C\C/C=C\C/C=C\C/C=C\C/C=C\CCCCCCCCCCCCCC(=O)OCC(COC(=O)CCCCCCC/C=C\CCC)OC(=O)CCCCCCCCCCCCCCCCC/C=C\C/C=C\CCCCCCC. The Bertz CT molecular complexity index is 1590. The molecule has 0 N–H and O–H groups in total. The molecule has 0 aromatic heterocycles. The molecule has 0 rings (SSSR count). The quantitative estimate of drug-likeness (QED) is 0.0261. The lowest BCUT2D eigenvalue weighted by atomic mass is 10.0. The molecule has 0 aromatic rings. The monoisotopic (exact) mass is 1140 g/mol. The molecule has 0 bridgehead atoms. The molecule has 0 aromatic carbocycles. The summed E-state index contributed by atoms with van der Waals surface area (Å²) in [6.07, 6.45) is 94.4. The predicted octanol–water partition coefficient (Wildman–Crippen LogP) is 24.4. The summed E-state index contributed by atoms with van der Waals surface area (Å²) in [5.41, 5.74) is 0. The van der Waals surface area contributed by atoms with E-state index in [1.54, 1.807) is 0 Å². The van der Waals surface area contributed by atoms with Gasteiger partial charge in [0.1, 0.15) is 13.2 Å². The highest BCUT2D eigenvalue weighted by molar-refractivity contribution is 5.71. The summed E-state index contributed by atoms with van der Waals surface area (Å²) < 4.78 is 16.9. The highest BCUT2D eigenvalue weighted by Gasteiger charge is 2.19. The third-order valence-electron chi connectivity index (χ3n) is 15.3. The Labute approximate surface area is 508 Å². The van der Waals surface area contributed by atoms with Crippen molar-refractivity contribution in [3.05, 3.63) is 97.2 Å². The highest BCUT2D eigenvalue weighted by atomic mass is 16.6. The van der Waals surface area contributed by atoms with Gasteiger partial charge in [-0.3, -0.25) is 14.4 Å². The van der Waals surface area contributed by atoms with Gasteiger partial charge >= 0.3 is 17.9 Å². The van der Waals surface area contributed by atoms with Crippen molar-refractivity contribution in [3.8, 4) is 0 Å². The van der Waals surface area contributed by atoms with Crippen molar-refractivity contribution in [3.63, 3.8) is 0 Å². The normalized spacial score (nSPS) is 12.7. The van der Waals surface area contributed by atoms with Crippen molar-refractivity contribution in [1.29, 1.82) is 0 Å². The number of esters is 3. The zero-order chi connectivity index (χ0) is 59.2. The van der Waals surface area contributed by atoms with Gasteiger partial charge in [-0.2, -0.15) is 0 Å². The molecule has 1 atom stereocenters. The maximum Gasteiger partial charge on any atom is 0.306 e. The lowest BCUT2D eigenvalue weighted by Gasteiger charge is -2.18. The van der Waals surface area contributed by atoms with Gasteiger partial charge in [0.2, 0.25) is 0 Å². The van der Waals surface area contributed by atoms with E-state index in [2.05, 4.69) is 118 Å². The largest absolute Gasteiger partial charge is 0.462 e. The number of allylic oxidation sites excluding steroid dienone is 16. The van der Waals surface area contributed by atoms with Gasteiger partial charge in [-0.1, -0.05) is 311 Å². The first-order valence-electron chi connectivity index (χ1n) is 35.2. The van der Waals surface area contributed by atoms with E-state index < -0.39 is 6.10 Å². The minimum Gasteiger partial charge on any atom is -0.462 e. The van der Waals surface area contributed by atoms with Crippen molar-refractivity contribution >= 4 is 17.9 Å². The first-order chi connectivity index (χ1) is 40.5. The number of ether oxygens (including phenoxy) is 3. The van der Waals surface area contributed by atoms with Gasteiger partial charge in [-0.15, -0.1) is 0 Å². The van der Waals surface area contributed by atoms with Crippen LogP contribution in [-0.2, 0) is 28.6 Å². The van der Waals surface area contributed by atoms with Crippen LogP contribution in [-0.4, -0.2) is 37.2 Å². The Balaban J connectivity index is 4.19. The van der Waals surface area contributed by atoms with Gasteiger partial charge in [0.05, 0.1) is 0 Å². The van der Waals surface area contributed by atoms with Crippen molar-refractivity contribution < 1.29 is 28.6 Å². The maximum absolute atomic E-state index is 12.9. The summed E-state index contributed by atoms with van der Waals surface area (Å²) in [6, 6.07) is 0. The van der Waals surface area contributed by atoms with Crippen LogP contribution in [0, 0.1) is 0 Å². The van der Waals surface area contributed by atoms with E-state index in [4.69, 9.17) is 14.2 Å². The van der Waals surface area contributed by atoms with Crippen LogP contribution in [0.3, 0.4) is 0 Å². The molecule has 0 radical (unpaired) electrons. The molecule has 0 aliphatic rings. The number of hydrogen-bond donors (Lipinski definition) is 0. The van der Waals surface area contributed by atoms with E-state index in [1.165, 1.54) is 199 Å². The van der Waals surface area contributed by atoms with Gasteiger partial charge in [0.25, 0.3) is 0 Å². The molecule has 82 heavy (non-hydrogen) atoms. The summed E-state index contributed by atoms with van der Waals surface area (Å²) in [4.78, 5) is 38.3. The molecular weight excluding hydrogens is 1010 g/mol. The number of carbonyl (C=O) groups excluding carboxylic acids is 3. The van der Waals surface area contributed by atoms with Gasteiger partial charge < -0.3 is 14.2 Å². The van der Waals surface area contributed by atoms with Crippen LogP contribution in [0.2, 0.25) is 0 Å². The topological polar surface area (TPSA) is 78.9 Å². The fourth-order valence-electron chi connectivity index (χ4n) is 10.0. The van der Waals surface area contributed by atoms with E-state index in [0.717, 1.165) is 109 Å². The standard InChI is InChI=1S/C76H132O6/c1-4-7-10-13-16-19-22-24-26-28-30-32-34-36-38-40-42-44-46-48-50-52-54-57-60-63-66-69-75(78)81-72-73(71-80-74(77)68-65-62-59-56-21-18-15-12-9-6-3)82-76(79)70-67-64-61-58-55-53-51-49-47-45-43-41-39-37-35-33-31-29-27-25-23-20-17-14-11-8-5-2/h7,10,12,15-16,19,23-26,29-32,36,38,73H,4-6,8-9,11,13-14,17-18,20-22,27-28,33-35,37,39-72H2,1-3H3/b10-7-,15-12-,19-16-,25-23-,26-24-,31-29-,32-30-,38-36-. The van der Waals surface area contributed by atoms with E-state index in [1.807, 2.05) is 0 Å². The van der Waals surface area contributed by atoms with E-state index in [9.17, 15) is 14.4 Å². The van der Waals surface area contributed by atoms with E-state index in [-0.39, 0.29) is 31.1 Å². The zero-order valence-electron chi connectivity index (χ0n) is 54.2. The number of rotatable bonds is 64. The van der Waals surface area contributed by atoms with Crippen molar-refractivity contribution in [1.82, 2.24) is 0 Å². The predicted molar refractivity (Wildman–Crippen MR) is 357 cm³/mol. The summed E-state index contributed by atoms with van der Waals surface area (Å²) in [6.45, 7) is 6.48. The summed E-state index contributed by atoms with van der Waals surface area (Å²) >= 11 is 0. The second-order valence-electron chi connectivity index (χ2n) is 23.4. The Kier molecular flexibility index (Phi) is 66.7. The van der Waals surface area contributed by atoms with Crippen LogP contribution in [0.15, 0.2) is 97.2 Å². The number of unbranched alkanes of at least 4 members (excludes halogenated alkanes) is 37. The molecule has 6 heteroatoms.